The first-order valence-electron chi connectivity index (χ1n) is 8.32. The van der Waals surface area contributed by atoms with Gasteiger partial charge in [-0.2, -0.15) is 0 Å². The minimum atomic E-state index is 0.0297. The summed E-state index contributed by atoms with van der Waals surface area (Å²) in [6, 6.07) is 4.33. The predicted molar refractivity (Wildman–Crippen MR) is 88.5 cm³/mol. The molecule has 1 aliphatic heterocycles. The van der Waals surface area contributed by atoms with Gasteiger partial charge in [0.05, 0.1) is 11.6 Å². The van der Waals surface area contributed by atoms with E-state index in [-0.39, 0.29) is 11.9 Å². The highest BCUT2D eigenvalue weighted by Gasteiger charge is 2.34. The number of hydrogen-bond acceptors (Lipinski definition) is 3. The predicted octanol–water partition coefficient (Wildman–Crippen LogP) is 3.96. The van der Waals surface area contributed by atoms with Crippen molar-refractivity contribution in [2.45, 2.75) is 59.5 Å². The molecule has 124 valence electrons. The van der Waals surface area contributed by atoms with E-state index in [1.807, 2.05) is 30.9 Å². The van der Waals surface area contributed by atoms with Gasteiger partial charge in [-0.3, -0.25) is 4.79 Å². The summed E-state index contributed by atoms with van der Waals surface area (Å²) in [5.74, 6) is 0.894. The molecule has 5 heteroatoms. The molecule has 2 aromatic heterocycles. The van der Waals surface area contributed by atoms with Crippen molar-refractivity contribution in [2.24, 2.45) is 0 Å². The molecule has 0 unspecified atom stereocenters. The van der Waals surface area contributed by atoms with Crippen LogP contribution in [-0.4, -0.2) is 27.1 Å². The molecule has 0 aliphatic carbocycles. The van der Waals surface area contributed by atoms with E-state index in [1.54, 1.807) is 0 Å². The van der Waals surface area contributed by atoms with E-state index >= 15 is 0 Å². The Morgan fingerprint density at radius 1 is 1.30 bits per heavy atom. The number of hydrogen-bond donors (Lipinski definition) is 0. The standard InChI is InChI=1S/C18H25N3O2/c1-11(2)21-12(3)9-15(14(21)5)18(22)20-8-6-7-17(20)16-10-13(4)23-19-16/h9-11,17H,6-8H2,1-5H3/t17-/m0/s1. The van der Waals surface area contributed by atoms with Gasteiger partial charge < -0.3 is 14.0 Å². The maximum Gasteiger partial charge on any atom is 0.256 e. The fourth-order valence-corrected chi connectivity index (χ4v) is 3.80. The van der Waals surface area contributed by atoms with E-state index < -0.39 is 0 Å². The molecule has 0 radical (unpaired) electrons. The van der Waals surface area contributed by atoms with Gasteiger partial charge in [-0.1, -0.05) is 5.16 Å². The highest BCUT2D eigenvalue weighted by atomic mass is 16.5. The molecule has 0 N–H and O–H groups in total. The summed E-state index contributed by atoms with van der Waals surface area (Å²) in [5.41, 5.74) is 3.85. The number of aryl methyl sites for hydroxylation is 2. The number of nitrogens with zero attached hydrogens (tertiary/aromatic N) is 3. The lowest BCUT2D eigenvalue weighted by atomic mass is 10.1. The van der Waals surface area contributed by atoms with Crippen molar-refractivity contribution in [3.63, 3.8) is 0 Å². The van der Waals surface area contributed by atoms with Gasteiger partial charge in [0, 0.05) is 30.0 Å². The Morgan fingerprint density at radius 2 is 2.04 bits per heavy atom. The molecule has 1 saturated heterocycles. The zero-order valence-electron chi connectivity index (χ0n) is 14.6. The molecular weight excluding hydrogens is 290 g/mol. The second-order valence-electron chi connectivity index (χ2n) is 6.77. The highest BCUT2D eigenvalue weighted by Crippen LogP contribution is 2.34. The van der Waals surface area contributed by atoms with Crippen molar-refractivity contribution in [3.8, 4) is 0 Å². The van der Waals surface area contributed by atoms with Crippen LogP contribution < -0.4 is 0 Å². The van der Waals surface area contributed by atoms with E-state index in [0.717, 1.165) is 47.8 Å². The summed E-state index contributed by atoms with van der Waals surface area (Å²) in [4.78, 5) is 15.0. The Kier molecular flexibility index (Phi) is 4.04. The van der Waals surface area contributed by atoms with E-state index in [0.29, 0.717) is 6.04 Å². The first-order chi connectivity index (χ1) is 10.9. The summed E-state index contributed by atoms with van der Waals surface area (Å²) < 4.78 is 7.42. The number of rotatable bonds is 3. The Balaban J connectivity index is 1.92. The van der Waals surface area contributed by atoms with Crippen molar-refractivity contribution in [2.75, 3.05) is 6.54 Å². The molecule has 3 rings (SSSR count). The Morgan fingerprint density at radius 3 is 2.61 bits per heavy atom. The topological polar surface area (TPSA) is 51.3 Å². The third kappa shape index (κ3) is 2.69. The van der Waals surface area contributed by atoms with Crippen LogP contribution in [0.3, 0.4) is 0 Å². The number of aromatic nitrogens is 2. The lowest BCUT2D eigenvalue weighted by Gasteiger charge is -2.23. The van der Waals surface area contributed by atoms with Gasteiger partial charge in [0.25, 0.3) is 5.91 Å². The van der Waals surface area contributed by atoms with E-state index in [9.17, 15) is 4.79 Å². The van der Waals surface area contributed by atoms with Crippen LogP contribution in [0.25, 0.3) is 0 Å². The second-order valence-corrected chi connectivity index (χ2v) is 6.77. The van der Waals surface area contributed by atoms with Gasteiger partial charge in [0.15, 0.2) is 0 Å². The Labute approximate surface area is 137 Å². The van der Waals surface area contributed by atoms with Crippen LogP contribution in [0, 0.1) is 20.8 Å². The lowest BCUT2D eigenvalue weighted by molar-refractivity contribution is 0.0730. The third-order valence-corrected chi connectivity index (χ3v) is 4.73. The molecule has 2 aromatic rings. The fraction of sp³-hybridized carbons (Fsp3) is 0.556. The first kappa shape index (κ1) is 15.8. The zero-order chi connectivity index (χ0) is 16.7. The van der Waals surface area contributed by atoms with Gasteiger partial charge >= 0.3 is 0 Å². The summed E-state index contributed by atoms with van der Waals surface area (Å²) in [6.07, 6.45) is 1.95. The van der Waals surface area contributed by atoms with Crippen LogP contribution in [0.5, 0.6) is 0 Å². The average molecular weight is 315 g/mol. The molecule has 1 amide bonds. The van der Waals surface area contributed by atoms with Gasteiger partial charge in [-0.05, 0) is 53.5 Å². The summed E-state index contributed by atoms with van der Waals surface area (Å²) in [5, 5.41) is 4.12. The lowest BCUT2D eigenvalue weighted by Crippen LogP contribution is -2.31. The molecule has 3 heterocycles. The quantitative estimate of drug-likeness (QED) is 0.861. The molecule has 1 atom stereocenters. The van der Waals surface area contributed by atoms with E-state index in [4.69, 9.17) is 4.52 Å². The highest BCUT2D eigenvalue weighted by molar-refractivity contribution is 5.96. The molecular formula is C18H25N3O2. The molecule has 5 nitrogen and oxygen atoms in total. The van der Waals surface area contributed by atoms with Crippen LogP contribution in [0.2, 0.25) is 0 Å². The van der Waals surface area contributed by atoms with Crippen molar-refractivity contribution < 1.29 is 9.32 Å². The molecule has 1 aliphatic rings. The van der Waals surface area contributed by atoms with Crippen molar-refractivity contribution >= 4 is 5.91 Å². The van der Waals surface area contributed by atoms with Crippen LogP contribution in [0.15, 0.2) is 16.7 Å². The summed E-state index contributed by atoms with van der Waals surface area (Å²) in [6.45, 7) is 11.0. The van der Waals surface area contributed by atoms with Gasteiger partial charge in [-0.25, -0.2) is 0 Å². The molecule has 1 fully saturated rings. The van der Waals surface area contributed by atoms with Gasteiger partial charge in [-0.15, -0.1) is 0 Å². The summed E-state index contributed by atoms with van der Waals surface area (Å²) >= 11 is 0. The smallest absolute Gasteiger partial charge is 0.256 e. The molecule has 0 saturated carbocycles. The monoisotopic (exact) mass is 315 g/mol. The maximum absolute atomic E-state index is 13.1. The molecule has 23 heavy (non-hydrogen) atoms. The molecule has 0 spiro atoms. The number of likely N-dealkylation sites (tertiary alicyclic amines) is 1. The Hall–Kier alpha value is -2.04. The largest absolute Gasteiger partial charge is 0.361 e. The summed E-state index contributed by atoms with van der Waals surface area (Å²) in [7, 11) is 0. The normalized spacial score (nSPS) is 18.2. The van der Waals surface area contributed by atoms with E-state index in [2.05, 4.69) is 30.5 Å². The fourth-order valence-electron chi connectivity index (χ4n) is 3.80. The maximum atomic E-state index is 13.1. The molecule has 0 aromatic carbocycles. The van der Waals surface area contributed by atoms with Crippen LogP contribution in [0.1, 0.15) is 72.0 Å². The number of carbonyl (C=O) groups excluding carboxylic acids is 1. The van der Waals surface area contributed by atoms with Gasteiger partial charge in [0.2, 0.25) is 0 Å². The van der Waals surface area contributed by atoms with Gasteiger partial charge in [0.1, 0.15) is 11.5 Å². The van der Waals surface area contributed by atoms with Crippen molar-refractivity contribution in [1.82, 2.24) is 14.6 Å². The first-order valence-corrected chi connectivity index (χ1v) is 8.32. The zero-order valence-corrected chi connectivity index (χ0v) is 14.6. The number of amides is 1. The SMILES string of the molecule is Cc1cc([C@@H]2CCCN2C(=O)c2cc(C)n(C(C)C)c2C)no1. The minimum Gasteiger partial charge on any atom is -0.361 e. The van der Waals surface area contributed by atoms with Crippen LogP contribution in [-0.2, 0) is 0 Å². The third-order valence-electron chi connectivity index (χ3n) is 4.73. The van der Waals surface area contributed by atoms with Crippen LogP contribution in [0.4, 0.5) is 0 Å². The molecule has 0 bridgehead atoms. The van der Waals surface area contributed by atoms with Crippen molar-refractivity contribution in [1.29, 1.82) is 0 Å². The minimum absolute atomic E-state index is 0.0297. The second kappa shape index (κ2) is 5.87. The Bertz CT molecular complexity index is 727. The average Bonchev–Trinajstić information content (AvgIpc) is 3.16. The van der Waals surface area contributed by atoms with Crippen molar-refractivity contribution in [3.05, 3.63) is 40.5 Å². The van der Waals surface area contributed by atoms with Crippen LogP contribution >= 0.6 is 0 Å². The number of carbonyl (C=O) groups is 1. The van der Waals surface area contributed by atoms with E-state index in [1.165, 1.54) is 0 Å².